The first-order valence-corrected chi connectivity index (χ1v) is 12.2. The number of carboxylic acids is 1. The third-order valence-corrected chi connectivity index (χ3v) is 7.41. The van der Waals surface area contributed by atoms with E-state index in [1.807, 2.05) is 37.3 Å². The Hall–Kier alpha value is -3.21. The van der Waals surface area contributed by atoms with Crippen LogP contribution in [0.5, 0.6) is 0 Å². The zero-order valence-corrected chi connectivity index (χ0v) is 18.9. The van der Waals surface area contributed by atoms with Crippen LogP contribution in [-0.4, -0.2) is 38.1 Å². The predicted molar refractivity (Wildman–Crippen MR) is 124 cm³/mol. The molecule has 0 radical (unpaired) electrons. The minimum Gasteiger partial charge on any atom is -0.480 e. The number of amides is 2. The molecule has 4 N–H and O–H groups in total. The van der Waals surface area contributed by atoms with Crippen LogP contribution in [0.1, 0.15) is 12.5 Å². The lowest BCUT2D eigenvalue weighted by molar-refractivity contribution is -0.138. The number of hydrogen-bond acceptors (Lipinski definition) is 5. The fraction of sp³-hybridized carbons (Fsp3) is 0.182. The number of hydrogen-bond donors (Lipinski definition) is 4. The van der Waals surface area contributed by atoms with Crippen molar-refractivity contribution in [2.75, 3.05) is 11.9 Å². The number of benzene rings is 2. The van der Waals surface area contributed by atoms with Crippen molar-refractivity contribution in [1.29, 1.82) is 0 Å². The van der Waals surface area contributed by atoms with Gasteiger partial charge in [0.25, 0.3) is 10.0 Å². The zero-order chi connectivity index (χ0) is 23.1. The van der Waals surface area contributed by atoms with Crippen molar-refractivity contribution >= 4 is 39.0 Å². The van der Waals surface area contributed by atoms with Crippen LogP contribution in [-0.2, 0) is 21.2 Å². The number of carbonyl (C=O) groups is 2. The van der Waals surface area contributed by atoms with Gasteiger partial charge in [0.05, 0.1) is 0 Å². The summed E-state index contributed by atoms with van der Waals surface area (Å²) in [5, 5.41) is 16.5. The van der Waals surface area contributed by atoms with Gasteiger partial charge in [-0.15, -0.1) is 11.3 Å². The molecule has 0 saturated carbocycles. The summed E-state index contributed by atoms with van der Waals surface area (Å²) in [5.74, 6) is -1.25. The van der Waals surface area contributed by atoms with Gasteiger partial charge in [0.1, 0.15) is 10.3 Å². The number of carboxylic acid groups (broad SMARTS) is 1. The van der Waals surface area contributed by atoms with Gasteiger partial charge in [0.2, 0.25) is 0 Å². The van der Waals surface area contributed by atoms with Gasteiger partial charge < -0.3 is 15.7 Å². The van der Waals surface area contributed by atoms with Crippen LogP contribution in [0, 0.1) is 0 Å². The number of nitrogens with one attached hydrogen (secondary N) is 3. The molecule has 3 rings (SSSR count). The van der Waals surface area contributed by atoms with E-state index in [0.717, 1.165) is 22.5 Å². The highest BCUT2D eigenvalue weighted by molar-refractivity contribution is 7.91. The summed E-state index contributed by atoms with van der Waals surface area (Å²) in [4.78, 5) is 23.4. The maximum Gasteiger partial charge on any atom is 0.322 e. The molecule has 0 bridgehead atoms. The van der Waals surface area contributed by atoms with Crippen LogP contribution >= 0.6 is 11.3 Å². The van der Waals surface area contributed by atoms with Crippen LogP contribution < -0.4 is 15.4 Å². The Labute approximate surface area is 190 Å². The maximum atomic E-state index is 12.4. The second-order valence-electron chi connectivity index (χ2n) is 6.91. The molecule has 1 aromatic heterocycles. The first-order valence-electron chi connectivity index (χ1n) is 9.81. The summed E-state index contributed by atoms with van der Waals surface area (Å²) in [7, 11) is -3.90. The van der Waals surface area contributed by atoms with Gasteiger partial charge in [0, 0.05) is 12.2 Å². The van der Waals surface area contributed by atoms with E-state index >= 15 is 0 Å². The van der Waals surface area contributed by atoms with Gasteiger partial charge in [-0.05, 0) is 53.6 Å². The molecule has 32 heavy (non-hydrogen) atoms. The number of urea groups is 1. The highest BCUT2D eigenvalue weighted by Gasteiger charge is 2.26. The number of anilines is 1. The SMILES string of the molecule is CCNC(=O)Nc1cccc(-c2ccc(C[C@H](NS(=O)(=O)c3cccs3)C(=O)O)cc2)c1. The van der Waals surface area contributed by atoms with Crippen LogP contribution in [0.25, 0.3) is 11.1 Å². The number of thiophene rings is 1. The standard InChI is InChI=1S/C22H23N3O5S2/c1-2-23-22(28)24-18-6-3-5-17(14-18)16-10-8-15(9-11-16)13-19(21(26)27)25-32(29,30)20-7-4-12-31-20/h3-12,14,19,25H,2,13H2,1H3,(H,26,27)(H2,23,24,28)/t19-/m0/s1. The van der Waals surface area contributed by atoms with E-state index in [-0.39, 0.29) is 16.7 Å². The number of sulfonamides is 1. The second kappa shape index (κ2) is 10.4. The lowest BCUT2D eigenvalue weighted by Gasteiger charge is -2.14. The van der Waals surface area contributed by atoms with Crippen LogP contribution in [0.4, 0.5) is 10.5 Å². The lowest BCUT2D eigenvalue weighted by atomic mass is 10.0. The zero-order valence-electron chi connectivity index (χ0n) is 17.2. The Morgan fingerprint density at radius 2 is 1.78 bits per heavy atom. The van der Waals surface area contributed by atoms with E-state index in [4.69, 9.17) is 0 Å². The van der Waals surface area contributed by atoms with Crippen LogP contribution in [0.15, 0.2) is 70.3 Å². The Morgan fingerprint density at radius 3 is 2.41 bits per heavy atom. The Bertz CT molecular complexity index is 1180. The highest BCUT2D eigenvalue weighted by atomic mass is 32.2. The van der Waals surface area contributed by atoms with Crippen molar-refractivity contribution in [3.63, 3.8) is 0 Å². The minimum absolute atomic E-state index is 0.000989. The van der Waals surface area contributed by atoms with Crippen LogP contribution in [0.3, 0.4) is 0 Å². The molecule has 0 aliphatic carbocycles. The molecule has 0 unspecified atom stereocenters. The van der Waals surface area contributed by atoms with E-state index in [2.05, 4.69) is 15.4 Å². The second-order valence-corrected chi connectivity index (χ2v) is 9.80. The number of aliphatic carboxylic acids is 1. The van der Waals surface area contributed by atoms with Crippen molar-refractivity contribution < 1.29 is 23.1 Å². The van der Waals surface area contributed by atoms with Gasteiger partial charge in [-0.25, -0.2) is 13.2 Å². The largest absolute Gasteiger partial charge is 0.480 e. The smallest absolute Gasteiger partial charge is 0.322 e. The molecule has 0 spiro atoms. The van der Waals surface area contributed by atoms with E-state index in [1.54, 1.807) is 29.6 Å². The van der Waals surface area contributed by atoms with E-state index < -0.39 is 22.0 Å². The lowest BCUT2D eigenvalue weighted by Crippen LogP contribution is -2.42. The van der Waals surface area contributed by atoms with Crippen LogP contribution in [0.2, 0.25) is 0 Å². The average Bonchev–Trinajstić information content (AvgIpc) is 3.30. The molecule has 10 heteroatoms. The fourth-order valence-electron chi connectivity index (χ4n) is 3.02. The monoisotopic (exact) mass is 473 g/mol. The molecule has 1 atom stereocenters. The molecule has 0 fully saturated rings. The summed E-state index contributed by atoms with van der Waals surface area (Å²) in [6, 6.07) is 15.9. The summed E-state index contributed by atoms with van der Waals surface area (Å²) < 4.78 is 27.1. The normalized spacial score (nSPS) is 12.2. The van der Waals surface area contributed by atoms with Crippen molar-refractivity contribution in [2.24, 2.45) is 0 Å². The molecule has 0 saturated heterocycles. The Kier molecular flexibility index (Phi) is 7.62. The molecular formula is C22H23N3O5S2. The van der Waals surface area contributed by atoms with Gasteiger partial charge in [-0.3, -0.25) is 4.79 Å². The number of rotatable bonds is 9. The average molecular weight is 474 g/mol. The van der Waals surface area contributed by atoms with Crippen molar-refractivity contribution in [1.82, 2.24) is 10.0 Å². The predicted octanol–water partition coefficient (Wildman–Crippen LogP) is 3.53. The summed E-state index contributed by atoms with van der Waals surface area (Å²) >= 11 is 1.02. The van der Waals surface area contributed by atoms with Gasteiger partial charge in [0.15, 0.2) is 0 Å². The highest BCUT2D eigenvalue weighted by Crippen LogP contribution is 2.24. The van der Waals surface area contributed by atoms with Gasteiger partial charge >= 0.3 is 12.0 Å². The van der Waals surface area contributed by atoms with Crippen molar-refractivity contribution in [2.45, 2.75) is 23.6 Å². The maximum absolute atomic E-state index is 12.4. The molecule has 3 aromatic rings. The minimum atomic E-state index is -3.90. The number of carbonyl (C=O) groups excluding carboxylic acids is 1. The molecule has 168 valence electrons. The van der Waals surface area contributed by atoms with Gasteiger partial charge in [-0.1, -0.05) is 42.5 Å². The molecule has 2 aromatic carbocycles. The quantitative estimate of drug-likeness (QED) is 0.378. The molecule has 0 aliphatic heterocycles. The molecular weight excluding hydrogens is 450 g/mol. The van der Waals surface area contributed by atoms with E-state index in [9.17, 15) is 23.1 Å². The van der Waals surface area contributed by atoms with Crippen molar-refractivity contribution in [3.8, 4) is 11.1 Å². The Balaban J connectivity index is 1.72. The van der Waals surface area contributed by atoms with Gasteiger partial charge in [-0.2, -0.15) is 4.72 Å². The Morgan fingerprint density at radius 1 is 1.03 bits per heavy atom. The summed E-state index contributed by atoms with van der Waals surface area (Å²) in [5.41, 5.74) is 3.07. The van der Waals surface area contributed by atoms with E-state index in [0.29, 0.717) is 17.8 Å². The third-order valence-electron chi connectivity index (χ3n) is 4.54. The summed E-state index contributed by atoms with van der Waals surface area (Å²) in [6.45, 7) is 2.35. The summed E-state index contributed by atoms with van der Waals surface area (Å²) in [6.07, 6.45) is -0.000989. The molecule has 0 aliphatic rings. The fourth-order valence-corrected chi connectivity index (χ4v) is 5.22. The first kappa shape index (κ1) is 23.5. The van der Waals surface area contributed by atoms with Crippen molar-refractivity contribution in [3.05, 3.63) is 71.6 Å². The third kappa shape index (κ3) is 6.16. The topological polar surface area (TPSA) is 125 Å². The molecule has 2 amide bonds. The molecule has 8 nitrogen and oxygen atoms in total. The first-order chi connectivity index (χ1) is 15.3. The van der Waals surface area contributed by atoms with E-state index in [1.165, 1.54) is 6.07 Å². The molecule has 1 heterocycles.